The van der Waals surface area contributed by atoms with Crippen molar-refractivity contribution in [2.24, 2.45) is 5.92 Å². The maximum absolute atomic E-state index is 3.88. The van der Waals surface area contributed by atoms with Crippen molar-refractivity contribution >= 4 is 0 Å². The van der Waals surface area contributed by atoms with Gasteiger partial charge in [0.05, 0.1) is 0 Å². The summed E-state index contributed by atoms with van der Waals surface area (Å²) >= 11 is 0. The minimum absolute atomic E-state index is 0. The number of hydrogen-bond acceptors (Lipinski definition) is 1. The van der Waals surface area contributed by atoms with Crippen molar-refractivity contribution in [1.29, 1.82) is 0 Å². The second-order valence-electron chi connectivity index (χ2n) is 1.99. The predicted octanol–water partition coefficient (Wildman–Crippen LogP) is 0.632. The third-order valence-electron chi connectivity index (χ3n) is 1.23. The summed E-state index contributed by atoms with van der Waals surface area (Å²) in [5.41, 5.74) is 0. The van der Waals surface area contributed by atoms with Crippen LogP contribution >= 0.6 is 0 Å². The fourth-order valence-electron chi connectivity index (χ4n) is 0.792. The smallest absolute Gasteiger partial charge is 0 e. The predicted molar refractivity (Wildman–Crippen MR) is 30.6 cm³/mol. The first-order valence-corrected chi connectivity index (χ1v) is 2.77. The van der Waals surface area contributed by atoms with Gasteiger partial charge in [-0.2, -0.15) is 6.42 Å². The standard InChI is InChI=1S/C6H11N.Y/c1-6-3-2-4-7-5-6;/h3,6-7H,1-2,4-5H2;/q-2;. The van der Waals surface area contributed by atoms with Crippen LogP contribution in [-0.4, -0.2) is 13.1 Å². The number of rotatable bonds is 0. The van der Waals surface area contributed by atoms with Gasteiger partial charge >= 0.3 is 0 Å². The summed E-state index contributed by atoms with van der Waals surface area (Å²) in [7, 11) is 0. The third-order valence-corrected chi connectivity index (χ3v) is 1.23. The van der Waals surface area contributed by atoms with E-state index in [9.17, 15) is 0 Å². The zero-order valence-electron chi connectivity index (χ0n) is 5.06. The van der Waals surface area contributed by atoms with Crippen LogP contribution in [-0.2, 0) is 32.7 Å². The summed E-state index contributed by atoms with van der Waals surface area (Å²) in [4.78, 5) is 0. The molecule has 1 heterocycles. The molecule has 0 aromatic rings. The van der Waals surface area contributed by atoms with Gasteiger partial charge in [0.1, 0.15) is 0 Å². The molecule has 1 rings (SSSR count). The van der Waals surface area contributed by atoms with Crippen LogP contribution in [0.1, 0.15) is 6.42 Å². The van der Waals surface area contributed by atoms with E-state index in [1.165, 1.54) is 6.42 Å². The first-order valence-electron chi connectivity index (χ1n) is 2.77. The SMILES string of the molecule is [CH2-]C1[CH-]CCNC1.[Y]. The Morgan fingerprint density at radius 3 is 2.62 bits per heavy atom. The molecular formula is C6H11NY-2. The molecule has 1 N–H and O–H groups in total. The number of hydrogen-bond donors (Lipinski definition) is 1. The van der Waals surface area contributed by atoms with E-state index in [4.69, 9.17) is 0 Å². The van der Waals surface area contributed by atoms with Crippen molar-refractivity contribution in [3.63, 3.8) is 0 Å². The monoisotopic (exact) mass is 186 g/mol. The first-order chi connectivity index (χ1) is 3.39. The van der Waals surface area contributed by atoms with Gasteiger partial charge in [-0.25, -0.2) is 0 Å². The molecule has 1 fully saturated rings. The van der Waals surface area contributed by atoms with Gasteiger partial charge in [0.15, 0.2) is 0 Å². The molecule has 0 saturated carbocycles. The van der Waals surface area contributed by atoms with E-state index in [2.05, 4.69) is 18.7 Å². The van der Waals surface area contributed by atoms with E-state index < -0.39 is 0 Å². The summed E-state index contributed by atoms with van der Waals surface area (Å²) in [6.45, 7) is 6.09. The Balaban J connectivity index is 0.000000490. The normalized spacial score (nSPS) is 28.9. The van der Waals surface area contributed by atoms with Crippen LogP contribution in [0.5, 0.6) is 0 Å². The molecule has 0 aliphatic carbocycles. The molecule has 0 aromatic heterocycles. The van der Waals surface area contributed by atoms with Crippen LogP contribution in [0.2, 0.25) is 0 Å². The summed E-state index contributed by atoms with van der Waals surface area (Å²) in [6.07, 6.45) is 3.45. The van der Waals surface area contributed by atoms with E-state index in [1.54, 1.807) is 0 Å². The van der Waals surface area contributed by atoms with Crippen LogP contribution in [0.4, 0.5) is 0 Å². The Labute approximate surface area is 76.5 Å². The number of piperidine rings is 1. The molecule has 0 bridgehead atoms. The van der Waals surface area contributed by atoms with Crippen molar-refractivity contribution in [3.8, 4) is 0 Å². The summed E-state index contributed by atoms with van der Waals surface area (Å²) < 4.78 is 0. The molecule has 1 aliphatic heterocycles. The van der Waals surface area contributed by atoms with Gasteiger partial charge in [-0.3, -0.25) is 5.92 Å². The van der Waals surface area contributed by atoms with Crippen molar-refractivity contribution in [1.82, 2.24) is 5.32 Å². The zero-order valence-corrected chi connectivity index (χ0v) is 7.90. The van der Waals surface area contributed by atoms with Gasteiger partial charge in [-0.05, 0) is 6.54 Å². The molecule has 1 nitrogen and oxygen atoms in total. The molecule has 1 atom stereocenters. The van der Waals surface area contributed by atoms with Gasteiger partial charge in [0.2, 0.25) is 0 Å². The average molecular weight is 186 g/mol. The Hall–Kier alpha value is 1.06. The first kappa shape index (κ1) is 9.06. The Morgan fingerprint density at radius 1 is 1.62 bits per heavy atom. The molecule has 0 spiro atoms. The minimum Gasteiger partial charge on any atom is -0.368 e. The fourth-order valence-corrected chi connectivity index (χ4v) is 0.792. The molecule has 0 amide bonds. The maximum Gasteiger partial charge on any atom is 0 e. The third kappa shape index (κ3) is 3.16. The van der Waals surface area contributed by atoms with E-state index in [0.717, 1.165) is 13.1 Å². The Morgan fingerprint density at radius 2 is 2.38 bits per heavy atom. The second kappa shape index (κ2) is 4.90. The molecule has 2 heteroatoms. The average Bonchev–Trinajstić information content (AvgIpc) is 1.69. The maximum atomic E-state index is 3.88. The van der Waals surface area contributed by atoms with Crippen molar-refractivity contribution in [2.75, 3.05) is 13.1 Å². The second-order valence-corrected chi connectivity index (χ2v) is 1.99. The fraction of sp³-hybridized carbons (Fsp3) is 0.667. The molecular weight excluding hydrogens is 175 g/mol. The van der Waals surface area contributed by atoms with Gasteiger partial charge in [-0.1, -0.05) is 6.54 Å². The molecule has 1 unspecified atom stereocenters. The molecule has 1 radical (unpaired) electrons. The van der Waals surface area contributed by atoms with Crippen LogP contribution in [0, 0.1) is 19.3 Å². The molecule has 1 aliphatic rings. The van der Waals surface area contributed by atoms with Crippen LogP contribution < -0.4 is 5.32 Å². The van der Waals surface area contributed by atoms with Crippen molar-refractivity contribution in [3.05, 3.63) is 13.3 Å². The van der Waals surface area contributed by atoms with E-state index in [1.807, 2.05) is 0 Å². The van der Waals surface area contributed by atoms with Gasteiger partial charge in [-0.15, -0.1) is 0 Å². The summed E-state index contributed by atoms with van der Waals surface area (Å²) in [5.74, 6) is 0.550. The Bertz CT molecular complexity index is 50.5. The zero-order chi connectivity index (χ0) is 5.11. The number of nitrogens with one attached hydrogen (secondary N) is 1. The quantitative estimate of drug-likeness (QED) is 0.547. The summed E-state index contributed by atoms with van der Waals surface area (Å²) in [6, 6.07) is 0. The molecule has 8 heavy (non-hydrogen) atoms. The minimum atomic E-state index is 0. The summed E-state index contributed by atoms with van der Waals surface area (Å²) in [5, 5.41) is 3.24. The van der Waals surface area contributed by atoms with E-state index in [-0.39, 0.29) is 32.7 Å². The van der Waals surface area contributed by atoms with E-state index in [0.29, 0.717) is 5.92 Å². The molecule has 45 valence electrons. The Kier molecular flexibility index (Phi) is 5.55. The van der Waals surface area contributed by atoms with Crippen LogP contribution in [0.15, 0.2) is 0 Å². The van der Waals surface area contributed by atoms with Gasteiger partial charge < -0.3 is 18.7 Å². The topological polar surface area (TPSA) is 12.0 Å². The van der Waals surface area contributed by atoms with Crippen molar-refractivity contribution in [2.45, 2.75) is 6.42 Å². The largest absolute Gasteiger partial charge is 0.368 e. The van der Waals surface area contributed by atoms with Crippen molar-refractivity contribution < 1.29 is 32.7 Å². The van der Waals surface area contributed by atoms with Gasteiger partial charge in [0.25, 0.3) is 0 Å². The molecule has 1 saturated heterocycles. The molecule has 0 aromatic carbocycles. The van der Waals surface area contributed by atoms with E-state index >= 15 is 0 Å². The van der Waals surface area contributed by atoms with Crippen LogP contribution in [0.3, 0.4) is 0 Å². The van der Waals surface area contributed by atoms with Crippen LogP contribution in [0.25, 0.3) is 0 Å². The van der Waals surface area contributed by atoms with Gasteiger partial charge in [0, 0.05) is 32.7 Å².